The summed E-state index contributed by atoms with van der Waals surface area (Å²) < 4.78 is 25.6. The standard InChI is InChI=1S/C10H13NO5S/c12-7-6-9(10(13)14)11-17(15,16)8-4-2-1-3-5-8/h1-5,9,11-12H,6-7H2,(H,13,14)/t9-/m0/s1. The minimum Gasteiger partial charge on any atom is -0.480 e. The van der Waals surface area contributed by atoms with E-state index in [1.807, 2.05) is 4.72 Å². The van der Waals surface area contributed by atoms with Crippen molar-refractivity contribution in [1.29, 1.82) is 0 Å². The summed E-state index contributed by atoms with van der Waals surface area (Å²) in [4.78, 5) is 10.8. The maximum absolute atomic E-state index is 11.8. The SMILES string of the molecule is O=C(O)[C@H](CCO)NS(=O)(=O)c1ccccc1. The molecule has 0 heterocycles. The van der Waals surface area contributed by atoms with Crippen LogP contribution in [0, 0.1) is 0 Å². The number of hydrogen-bond acceptors (Lipinski definition) is 4. The molecular formula is C10H13NO5S. The highest BCUT2D eigenvalue weighted by Crippen LogP contribution is 2.08. The summed E-state index contributed by atoms with van der Waals surface area (Å²) in [5, 5.41) is 17.4. The number of aliphatic hydroxyl groups is 1. The number of sulfonamides is 1. The fraction of sp³-hybridized carbons (Fsp3) is 0.300. The number of benzene rings is 1. The number of nitrogens with one attached hydrogen (secondary N) is 1. The third-order valence-corrected chi connectivity index (χ3v) is 3.55. The van der Waals surface area contributed by atoms with Gasteiger partial charge in [-0.15, -0.1) is 0 Å². The van der Waals surface area contributed by atoms with Crippen molar-refractivity contribution in [2.75, 3.05) is 6.61 Å². The molecule has 0 radical (unpaired) electrons. The Kier molecular flexibility index (Phi) is 4.62. The second-order valence-electron chi connectivity index (χ2n) is 3.34. The number of aliphatic hydroxyl groups excluding tert-OH is 1. The van der Waals surface area contributed by atoms with Gasteiger partial charge in [0.1, 0.15) is 6.04 Å². The minimum absolute atomic E-state index is 0.0100. The van der Waals surface area contributed by atoms with E-state index in [1.54, 1.807) is 6.07 Å². The molecule has 0 bridgehead atoms. The molecule has 94 valence electrons. The number of hydrogen-bond donors (Lipinski definition) is 3. The average Bonchev–Trinajstić information content (AvgIpc) is 2.29. The minimum atomic E-state index is -3.87. The van der Waals surface area contributed by atoms with Crippen molar-refractivity contribution in [2.24, 2.45) is 0 Å². The van der Waals surface area contributed by atoms with Crippen LogP contribution in [0.5, 0.6) is 0 Å². The Morgan fingerprint density at radius 3 is 2.35 bits per heavy atom. The molecule has 0 aliphatic heterocycles. The van der Waals surface area contributed by atoms with Gasteiger partial charge in [-0.2, -0.15) is 4.72 Å². The van der Waals surface area contributed by atoms with E-state index < -0.39 is 28.6 Å². The highest BCUT2D eigenvalue weighted by molar-refractivity contribution is 7.89. The summed E-state index contributed by atoms with van der Waals surface area (Å²) in [5.74, 6) is -1.32. The zero-order chi connectivity index (χ0) is 12.9. The van der Waals surface area contributed by atoms with E-state index in [-0.39, 0.29) is 11.3 Å². The van der Waals surface area contributed by atoms with Crippen molar-refractivity contribution in [2.45, 2.75) is 17.4 Å². The van der Waals surface area contributed by atoms with E-state index in [9.17, 15) is 13.2 Å². The van der Waals surface area contributed by atoms with E-state index in [2.05, 4.69) is 0 Å². The molecule has 0 saturated heterocycles. The zero-order valence-corrected chi connectivity index (χ0v) is 9.72. The number of carboxylic acids is 1. The Balaban J connectivity index is 2.89. The second-order valence-corrected chi connectivity index (χ2v) is 5.05. The summed E-state index contributed by atoms with van der Waals surface area (Å²) >= 11 is 0. The van der Waals surface area contributed by atoms with E-state index >= 15 is 0 Å². The molecular weight excluding hydrogens is 246 g/mol. The number of rotatable bonds is 6. The summed E-state index contributed by atoms with van der Waals surface area (Å²) in [6.07, 6.45) is -0.179. The predicted octanol–water partition coefficient (Wildman–Crippen LogP) is -0.200. The molecule has 6 nitrogen and oxygen atoms in total. The van der Waals surface area contributed by atoms with Crippen LogP contribution in [0.15, 0.2) is 35.2 Å². The van der Waals surface area contributed by atoms with Crippen molar-refractivity contribution in [3.8, 4) is 0 Å². The van der Waals surface area contributed by atoms with Gasteiger partial charge in [-0.1, -0.05) is 18.2 Å². The van der Waals surface area contributed by atoms with E-state index in [0.717, 1.165) is 0 Å². The largest absolute Gasteiger partial charge is 0.480 e. The molecule has 1 aromatic carbocycles. The van der Waals surface area contributed by atoms with E-state index in [4.69, 9.17) is 10.2 Å². The van der Waals surface area contributed by atoms with Crippen molar-refractivity contribution < 1.29 is 23.4 Å². The van der Waals surface area contributed by atoms with Gasteiger partial charge in [0.05, 0.1) is 4.90 Å². The molecule has 3 N–H and O–H groups in total. The fourth-order valence-electron chi connectivity index (χ4n) is 1.22. The van der Waals surface area contributed by atoms with Gasteiger partial charge in [0.15, 0.2) is 0 Å². The summed E-state index contributed by atoms with van der Waals surface area (Å²) in [7, 11) is -3.87. The fourth-order valence-corrected chi connectivity index (χ4v) is 2.46. The Morgan fingerprint density at radius 1 is 1.29 bits per heavy atom. The Morgan fingerprint density at radius 2 is 1.88 bits per heavy atom. The number of aliphatic carboxylic acids is 1. The van der Waals surface area contributed by atoms with Gasteiger partial charge in [-0.3, -0.25) is 4.79 Å². The number of carbonyl (C=O) groups is 1. The molecule has 1 aromatic rings. The molecule has 0 amide bonds. The van der Waals surface area contributed by atoms with Crippen molar-refractivity contribution >= 4 is 16.0 Å². The van der Waals surface area contributed by atoms with Crippen LogP contribution < -0.4 is 4.72 Å². The molecule has 1 atom stereocenters. The van der Waals surface area contributed by atoms with Gasteiger partial charge < -0.3 is 10.2 Å². The zero-order valence-electron chi connectivity index (χ0n) is 8.91. The molecule has 0 spiro atoms. The third kappa shape index (κ3) is 3.81. The molecule has 0 aromatic heterocycles. The molecule has 0 aliphatic carbocycles. The van der Waals surface area contributed by atoms with Crippen LogP contribution >= 0.6 is 0 Å². The van der Waals surface area contributed by atoms with Crippen LogP contribution in [0.25, 0.3) is 0 Å². The van der Waals surface area contributed by atoms with E-state index in [0.29, 0.717) is 0 Å². The molecule has 7 heteroatoms. The maximum Gasteiger partial charge on any atom is 0.321 e. The first kappa shape index (κ1) is 13.6. The summed E-state index contributed by atoms with van der Waals surface area (Å²) in [6.45, 7) is -0.408. The predicted molar refractivity (Wildman–Crippen MR) is 59.9 cm³/mol. The molecule has 0 unspecified atom stereocenters. The highest BCUT2D eigenvalue weighted by atomic mass is 32.2. The lowest BCUT2D eigenvalue weighted by molar-refractivity contribution is -0.139. The molecule has 0 fully saturated rings. The van der Waals surface area contributed by atoms with Crippen molar-refractivity contribution in [3.63, 3.8) is 0 Å². The normalized spacial score (nSPS) is 13.2. The highest BCUT2D eigenvalue weighted by Gasteiger charge is 2.24. The average molecular weight is 259 g/mol. The third-order valence-electron chi connectivity index (χ3n) is 2.07. The number of carboxylic acid groups (broad SMARTS) is 1. The van der Waals surface area contributed by atoms with Crippen LogP contribution in [0.3, 0.4) is 0 Å². The van der Waals surface area contributed by atoms with Gasteiger partial charge in [-0.05, 0) is 18.6 Å². The topological polar surface area (TPSA) is 104 Å². The molecule has 0 saturated carbocycles. The van der Waals surface area contributed by atoms with Crippen molar-refractivity contribution in [3.05, 3.63) is 30.3 Å². The molecule has 0 aliphatic rings. The Bertz CT molecular complexity index is 471. The van der Waals surface area contributed by atoms with Crippen LogP contribution in [0.2, 0.25) is 0 Å². The lowest BCUT2D eigenvalue weighted by Crippen LogP contribution is -2.41. The monoisotopic (exact) mass is 259 g/mol. The van der Waals surface area contributed by atoms with Gasteiger partial charge in [0.2, 0.25) is 10.0 Å². The molecule has 17 heavy (non-hydrogen) atoms. The first-order chi connectivity index (χ1) is 7.97. The Labute approximate surface area is 99.0 Å². The van der Waals surface area contributed by atoms with Gasteiger partial charge >= 0.3 is 5.97 Å². The second kappa shape index (κ2) is 5.76. The van der Waals surface area contributed by atoms with Gasteiger partial charge in [0, 0.05) is 6.61 Å². The van der Waals surface area contributed by atoms with Crippen molar-refractivity contribution in [1.82, 2.24) is 4.72 Å². The van der Waals surface area contributed by atoms with Gasteiger partial charge in [-0.25, -0.2) is 8.42 Å². The quantitative estimate of drug-likeness (QED) is 0.656. The van der Waals surface area contributed by atoms with Gasteiger partial charge in [0.25, 0.3) is 0 Å². The Hall–Kier alpha value is -1.44. The smallest absolute Gasteiger partial charge is 0.321 e. The van der Waals surface area contributed by atoms with Crippen LogP contribution in [0.1, 0.15) is 6.42 Å². The first-order valence-electron chi connectivity index (χ1n) is 4.88. The van der Waals surface area contributed by atoms with Crippen LogP contribution in [-0.4, -0.2) is 37.2 Å². The summed E-state index contributed by atoms with van der Waals surface area (Å²) in [5.41, 5.74) is 0. The van der Waals surface area contributed by atoms with Crippen LogP contribution in [-0.2, 0) is 14.8 Å². The van der Waals surface area contributed by atoms with E-state index in [1.165, 1.54) is 24.3 Å². The lowest BCUT2D eigenvalue weighted by Gasteiger charge is -2.13. The molecule has 1 rings (SSSR count). The maximum atomic E-state index is 11.8. The summed E-state index contributed by atoms with van der Waals surface area (Å²) in [6, 6.07) is 6.12. The lowest BCUT2D eigenvalue weighted by atomic mass is 10.2. The first-order valence-corrected chi connectivity index (χ1v) is 6.36. The van der Waals surface area contributed by atoms with Crippen LogP contribution in [0.4, 0.5) is 0 Å².